The SMILES string of the molecule is Cn1cc(C(=O)NCCn2nc3c(cc2=O)CCC3)nn1. The Hall–Kier alpha value is -2.51. The van der Waals surface area contributed by atoms with Crippen molar-refractivity contribution in [1.29, 1.82) is 0 Å². The summed E-state index contributed by atoms with van der Waals surface area (Å²) in [7, 11) is 1.69. The first-order chi connectivity index (χ1) is 10.1. The average Bonchev–Trinajstić information content (AvgIpc) is 3.07. The zero-order valence-electron chi connectivity index (χ0n) is 11.7. The quantitative estimate of drug-likeness (QED) is 0.802. The first-order valence-electron chi connectivity index (χ1n) is 6.88. The van der Waals surface area contributed by atoms with Crippen LogP contribution in [0.15, 0.2) is 17.1 Å². The summed E-state index contributed by atoms with van der Waals surface area (Å²) in [5.41, 5.74) is 2.19. The lowest BCUT2D eigenvalue weighted by Gasteiger charge is -2.07. The molecule has 0 saturated carbocycles. The van der Waals surface area contributed by atoms with Gasteiger partial charge in [0.25, 0.3) is 11.5 Å². The normalized spacial score (nSPS) is 13.2. The van der Waals surface area contributed by atoms with E-state index in [-0.39, 0.29) is 17.2 Å². The minimum Gasteiger partial charge on any atom is -0.349 e. The third kappa shape index (κ3) is 2.83. The molecule has 1 amide bonds. The van der Waals surface area contributed by atoms with Crippen LogP contribution in [0.4, 0.5) is 0 Å². The first-order valence-corrected chi connectivity index (χ1v) is 6.88. The number of carbonyl (C=O) groups excluding carboxylic acids is 1. The Bertz CT molecular complexity index is 733. The van der Waals surface area contributed by atoms with Gasteiger partial charge in [0.15, 0.2) is 5.69 Å². The van der Waals surface area contributed by atoms with Crippen molar-refractivity contribution in [2.75, 3.05) is 6.54 Å². The van der Waals surface area contributed by atoms with Crippen molar-refractivity contribution in [2.24, 2.45) is 7.05 Å². The topological polar surface area (TPSA) is 94.7 Å². The number of rotatable bonds is 4. The van der Waals surface area contributed by atoms with Crippen molar-refractivity contribution >= 4 is 5.91 Å². The number of nitrogens with one attached hydrogen (secondary N) is 1. The summed E-state index contributed by atoms with van der Waals surface area (Å²) in [6.45, 7) is 0.666. The second-order valence-electron chi connectivity index (χ2n) is 5.06. The van der Waals surface area contributed by atoms with E-state index in [0.29, 0.717) is 13.1 Å². The van der Waals surface area contributed by atoms with Crippen LogP contribution in [-0.2, 0) is 26.4 Å². The van der Waals surface area contributed by atoms with E-state index in [2.05, 4.69) is 20.7 Å². The lowest BCUT2D eigenvalue weighted by molar-refractivity contribution is 0.0946. The van der Waals surface area contributed by atoms with Gasteiger partial charge >= 0.3 is 0 Å². The van der Waals surface area contributed by atoms with Crippen molar-refractivity contribution in [2.45, 2.75) is 25.8 Å². The molecule has 1 aliphatic rings. The zero-order chi connectivity index (χ0) is 14.8. The van der Waals surface area contributed by atoms with Crippen molar-refractivity contribution < 1.29 is 4.79 Å². The monoisotopic (exact) mass is 288 g/mol. The highest BCUT2D eigenvalue weighted by Gasteiger charge is 2.15. The second-order valence-corrected chi connectivity index (χ2v) is 5.06. The lowest BCUT2D eigenvalue weighted by atomic mass is 10.2. The minimum absolute atomic E-state index is 0.121. The summed E-state index contributed by atoms with van der Waals surface area (Å²) in [6.07, 6.45) is 4.44. The molecule has 3 rings (SSSR count). The van der Waals surface area contributed by atoms with Crippen LogP contribution >= 0.6 is 0 Å². The van der Waals surface area contributed by atoms with Crippen LogP contribution in [0.5, 0.6) is 0 Å². The molecule has 0 saturated heterocycles. The van der Waals surface area contributed by atoms with Gasteiger partial charge in [-0.05, 0) is 24.8 Å². The van der Waals surface area contributed by atoms with Gasteiger partial charge in [-0.3, -0.25) is 14.3 Å². The third-order valence-corrected chi connectivity index (χ3v) is 3.47. The Kier molecular flexibility index (Phi) is 3.51. The Morgan fingerprint density at radius 3 is 3.05 bits per heavy atom. The summed E-state index contributed by atoms with van der Waals surface area (Å²) in [6, 6.07) is 1.65. The molecule has 0 unspecified atom stereocenters. The molecular weight excluding hydrogens is 272 g/mol. The fourth-order valence-electron chi connectivity index (χ4n) is 2.42. The number of amides is 1. The molecule has 2 aromatic rings. The maximum Gasteiger partial charge on any atom is 0.273 e. The molecule has 0 aliphatic heterocycles. The van der Waals surface area contributed by atoms with E-state index >= 15 is 0 Å². The third-order valence-electron chi connectivity index (χ3n) is 3.47. The van der Waals surface area contributed by atoms with E-state index in [1.165, 1.54) is 15.6 Å². The fourth-order valence-corrected chi connectivity index (χ4v) is 2.42. The molecule has 0 aromatic carbocycles. The van der Waals surface area contributed by atoms with E-state index in [1.54, 1.807) is 13.1 Å². The zero-order valence-corrected chi connectivity index (χ0v) is 11.7. The molecule has 1 aliphatic carbocycles. The van der Waals surface area contributed by atoms with Crippen molar-refractivity contribution in [1.82, 2.24) is 30.1 Å². The molecule has 2 heterocycles. The van der Waals surface area contributed by atoms with Gasteiger partial charge in [0.2, 0.25) is 0 Å². The summed E-state index contributed by atoms with van der Waals surface area (Å²) in [4.78, 5) is 23.7. The van der Waals surface area contributed by atoms with E-state index < -0.39 is 0 Å². The predicted molar refractivity (Wildman–Crippen MR) is 73.9 cm³/mol. The molecule has 110 valence electrons. The van der Waals surface area contributed by atoms with Crippen LogP contribution in [-0.4, -0.2) is 37.2 Å². The Labute approximate surface area is 120 Å². The Balaban J connectivity index is 1.61. The second kappa shape index (κ2) is 5.47. The molecule has 8 nitrogen and oxygen atoms in total. The van der Waals surface area contributed by atoms with Gasteiger partial charge in [-0.15, -0.1) is 5.10 Å². The number of aryl methyl sites for hydroxylation is 3. The van der Waals surface area contributed by atoms with Gasteiger partial charge in [-0.25, -0.2) is 4.68 Å². The first kappa shape index (κ1) is 13.5. The summed E-state index contributed by atoms with van der Waals surface area (Å²) in [5, 5.41) is 14.5. The van der Waals surface area contributed by atoms with Crippen LogP contribution in [0.1, 0.15) is 28.2 Å². The number of hydrogen-bond acceptors (Lipinski definition) is 5. The number of carbonyl (C=O) groups is 1. The summed E-state index contributed by atoms with van der Waals surface area (Å²) < 4.78 is 2.86. The number of hydrogen-bond donors (Lipinski definition) is 1. The van der Waals surface area contributed by atoms with Crippen LogP contribution in [0.3, 0.4) is 0 Å². The fraction of sp³-hybridized carbons (Fsp3) is 0.462. The Morgan fingerprint density at radius 1 is 1.43 bits per heavy atom. The highest BCUT2D eigenvalue weighted by atomic mass is 16.2. The van der Waals surface area contributed by atoms with Crippen molar-refractivity contribution in [3.63, 3.8) is 0 Å². The molecule has 21 heavy (non-hydrogen) atoms. The molecule has 0 fully saturated rings. The van der Waals surface area contributed by atoms with Gasteiger partial charge in [0.05, 0.1) is 18.4 Å². The summed E-state index contributed by atoms with van der Waals surface area (Å²) in [5.74, 6) is -0.308. The molecular formula is C13H16N6O2. The standard InChI is InChI=1S/C13H16N6O2/c1-18-8-11(15-17-18)13(21)14-5-6-19-12(20)7-9-3-2-4-10(9)16-19/h7-8H,2-6H2,1H3,(H,14,21). The highest BCUT2D eigenvalue weighted by Crippen LogP contribution is 2.16. The van der Waals surface area contributed by atoms with Gasteiger partial charge < -0.3 is 5.32 Å². The maximum absolute atomic E-state index is 11.9. The van der Waals surface area contributed by atoms with Crippen LogP contribution in [0.2, 0.25) is 0 Å². The smallest absolute Gasteiger partial charge is 0.273 e. The molecule has 8 heteroatoms. The van der Waals surface area contributed by atoms with Gasteiger partial charge in [0.1, 0.15) is 0 Å². The molecule has 0 spiro atoms. The van der Waals surface area contributed by atoms with Crippen molar-refractivity contribution in [3.8, 4) is 0 Å². The predicted octanol–water partition coefficient (Wildman–Crippen LogP) is -0.710. The van der Waals surface area contributed by atoms with Gasteiger partial charge in [0, 0.05) is 19.7 Å². The van der Waals surface area contributed by atoms with E-state index in [9.17, 15) is 9.59 Å². The van der Waals surface area contributed by atoms with Gasteiger partial charge in [-0.1, -0.05) is 5.21 Å². The van der Waals surface area contributed by atoms with Crippen LogP contribution in [0, 0.1) is 0 Å². The van der Waals surface area contributed by atoms with E-state index in [1.807, 2.05) is 0 Å². The van der Waals surface area contributed by atoms with E-state index in [4.69, 9.17) is 0 Å². The van der Waals surface area contributed by atoms with E-state index in [0.717, 1.165) is 30.5 Å². The number of fused-ring (bicyclic) bond motifs is 1. The molecule has 1 N–H and O–H groups in total. The van der Waals surface area contributed by atoms with Gasteiger partial charge in [-0.2, -0.15) is 5.10 Å². The molecule has 2 aromatic heterocycles. The highest BCUT2D eigenvalue weighted by molar-refractivity contribution is 5.91. The number of aromatic nitrogens is 5. The molecule has 0 radical (unpaired) electrons. The lowest BCUT2D eigenvalue weighted by Crippen LogP contribution is -2.32. The minimum atomic E-state index is -0.308. The summed E-state index contributed by atoms with van der Waals surface area (Å²) >= 11 is 0. The maximum atomic E-state index is 11.9. The van der Waals surface area contributed by atoms with Crippen molar-refractivity contribution in [3.05, 3.63) is 39.6 Å². The average molecular weight is 288 g/mol. The number of nitrogens with zero attached hydrogens (tertiary/aromatic N) is 5. The largest absolute Gasteiger partial charge is 0.349 e. The Morgan fingerprint density at radius 2 is 2.29 bits per heavy atom. The van der Waals surface area contributed by atoms with Crippen LogP contribution < -0.4 is 10.9 Å². The van der Waals surface area contributed by atoms with Crippen LogP contribution in [0.25, 0.3) is 0 Å². The molecule has 0 atom stereocenters. The molecule has 0 bridgehead atoms.